The molecule has 0 spiro atoms. The second-order valence-electron chi connectivity index (χ2n) is 6.50. The molecule has 0 radical (unpaired) electrons. The third kappa shape index (κ3) is 3.13. The maximum Gasteiger partial charge on any atom is 0.278 e. The van der Waals surface area contributed by atoms with Crippen LogP contribution in [0.15, 0.2) is 46.3 Å². The second-order valence-corrected chi connectivity index (χ2v) is 7.27. The molecule has 0 fully saturated rings. The van der Waals surface area contributed by atoms with Crippen molar-refractivity contribution in [3.8, 4) is 0 Å². The summed E-state index contributed by atoms with van der Waals surface area (Å²) in [6, 6.07) is 12.2. The molecule has 0 N–H and O–H groups in total. The van der Waals surface area contributed by atoms with Crippen molar-refractivity contribution >= 4 is 22.8 Å². The molecule has 2 aromatic heterocycles. The van der Waals surface area contributed by atoms with Crippen molar-refractivity contribution in [1.29, 1.82) is 0 Å². The van der Waals surface area contributed by atoms with Crippen LogP contribution >= 0.6 is 11.8 Å². The number of hydrogen-bond donors (Lipinski definition) is 0. The molecule has 126 valence electrons. The average molecular weight is 341 g/mol. The molecule has 4 nitrogen and oxygen atoms in total. The van der Waals surface area contributed by atoms with E-state index in [-0.39, 0.29) is 5.56 Å². The highest BCUT2D eigenvalue weighted by molar-refractivity contribution is 7.98. The monoisotopic (exact) mass is 341 g/mol. The molecule has 5 heteroatoms. The standard InChI is InChI=1S/C19H23N3OS/c1-13(2)11-22-18(23)17-16(20-19(22)24-4)10-14(3)21(17)12-15-8-6-5-7-9-15/h5-10,13H,11-12H2,1-4H3. The van der Waals surface area contributed by atoms with Crippen LogP contribution < -0.4 is 5.56 Å². The molecular weight excluding hydrogens is 318 g/mol. The molecule has 3 aromatic rings. The van der Waals surface area contributed by atoms with Crippen molar-refractivity contribution < 1.29 is 0 Å². The summed E-state index contributed by atoms with van der Waals surface area (Å²) >= 11 is 1.53. The Labute approximate surface area is 146 Å². The normalized spacial score (nSPS) is 11.5. The minimum absolute atomic E-state index is 0.0575. The average Bonchev–Trinajstić information content (AvgIpc) is 2.86. The molecule has 0 unspecified atom stereocenters. The fourth-order valence-corrected chi connectivity index (χ4v) is 3.57. The van der Waals surface area contributed by atoms with Gasteiger partial charge in [-0.05, 0) is 30.7 Å². The van der Waals surface area contributed by atoms with Crippen molar-refractivity contribution in [2.24, 2.45) is 5.92 Å². The maximum absolute atomic E-state index is 13.2. The van der Waals surface area contributed by atoms with Crippen LogP contribution in [0.5, 0.6) is 0 Å². The molecule has 0 amide bonds. The van der Waals surface area contributed by atoms with Crippen molar-refractivity contribution in [2.75, 3.05) is 6.26 Å². The van der Waals surface area contributed by atoms with Crippen LogP contribution in [0.3, 0.4) is 0 Å². The van der Waals surface area contributed by atoms with Gasteiger partial charge in [-0.1, -0.05) is 55.9 Å². The van der Waals surface area contributed by atoms with Crippen LogP contribution in [-0.2, 0) is 13.1 Å². The zero-order chi connectivity index (χ0) is 17.3. The zero-order valence-corrected chi connectivity index (χ0v) is 15.4. The third-order valence-electron chi connectivity index (χ3n) is 4.09. The fourth-order valence-electron chi connectivity index (χ4n) is 3.00. The highest BCUT2D eigenvalue weighted by Gasteiger charge is 2.17. The van der Waals surface area contributed by atoms with Gasteiger partial charge < -0.3 is 4.57 Å². The first kappa shape index (κ1) is 16.8. The SMILES string of the molecule is CSc1nc2cc(C)n(Cc3ccccc3)c2c(=O)n1CC(C)C. The molecule has 0 saturated carbocycles. The summed E-state index contributed by atoms with van der Waals surface area (Å²) in [5, 5.41) is 0.790. The van der Waals surface area contributed by atoms with Gasteiger partial charge in [0.15, 0.2) is 5.16 Å². The Kier molecular flexibility index (Phi) is 4.81. The van der Waals surface area contributed by atoms with Gasteiger partial charge in [0, 0.05) is 18.8 Å². The lowest BCUT2D eigenvalue weighted by Gasteiger charge is -2.14. The molecule has 1 aromatic carbocycles. The van der Waals surface area contributed by atoms with Gasteiger partial charge in [-0.3, -0.25) is 9.36 Å². The van der Waals surface area contributed by atoms with E-state index in [4.69, 9.17) is 4.98 Å². The van der Waals surface area contributed by atoms with Gasteiger partial charge in [-0.15, -0.1) is 0 Å². The number of benzene rings is 1. The molecule has 0 aliphatic rings. The molecule has 24 heavy (non-hydrogen) atoms. The van der Waals surface area contributed by atoms with E-state index in [2.05, 4.69) is 30.5 Å². The lowest BCUT2D eigenvalue weighted by atomic mass is 10.2. The Morgan fingerprint density at radius 1 is 1.17 bits per heavy atom. The highest BCUT2D eigenvalue weighted by atomic mass is 32.2. The first-order valence-electron chi connectivity index (χ1n) is 8.20. The Bertz CT molecular complexity index is 910. The van der Waals surface area contributed by atoms with E-state index in [1.807, 2.05) is 42.0 Å². The molecule has 2 heterocycles. The number of rotatable bonds is 5. The van der Waals surface area contributed by atoms with E-state index in [1.165, 1.54) is 17.3 Å². The molecule has 0 saturated heterocycles. The Hall–Kier alpha value is -2.01. The van der Waals surface area contributed by atoms with Gasteiger partial charge in [-0.25, -0.2) is 4.98 Å². The van der Waals surface area contributed by atoms with Crippen molar-refractivity contribution in [3.05, 3.63) is 58.0 Å². The Morgan fingerprint density at radius 2 is 1.88 bits per heavy atom. The summed E-state index contributed by atoms with van der Waals surface area (Å²) in [6.07, 6.45) is 1.97. The molecule has 0 aliphatic heterocycles. The van der Waals surface area contributed by atoms with Crippen LogP contribution in [0.1, 0.15) is 25.1 Å². The van der Waals surface area contributed by atoms with E-state index in [9.17, 15) is 4.79 Å². The first-order valence-corrected chi connectivity index (χ1v) is 9.42. The summed E-state index contributed by atoms with van der Waals surface area (Å²) < 4.78 is 3.90. The van der Waals surface area contributed by atoms with E-state index in [0.29, 0.717) is 24.5 Å². The largest absolute Gasteiger partial charge is 0.335 e. The number of nitrogens with zero attached hydrogens (tertiary/aromatic N) is 3. The Balaban J connectivity index is 2.20. The predicted molar refractivity (Wildman–Crippen MR) is 101 cm³/mol. The van der Waals surface area contributed by atoms with E-state index in [1.54, 1.807) is 0 Å². The van der Waals surface area contributed by atoms with Crippen LogP contribution in [-0.4, -0.2) is 20.4 Å². The van der Waals surface area contributed by atoms with Gasteiger partial charge in [0.2, 0.25) is 0 Å². The van der Waals surface area contributed by atoms with Gasteiger partial charge >= 0.3 is 0 Å². The Morgan fingerprint density at radius 3 is 2.50 bits per heavy atom. The fraction of sp³-hybridized carbons (Fsp3) is 0.368. The zero-order valence-electron chi connectivity index (χ0n) is 14.6. The van der Waals surface area contributed by atoms with E-state index < -0.39 is 0 Å². The summed E-state index contributed by atoms with van der Waals surface area (Å²) in [6.45, 7) is 7.65. The van der Waals surface area contributed by atoms with Crippen LogP contribution in [0.2, 0.25) is 0 Å². The van der Waals surface area contributed by atoms with E-state index >= 15 is 0 Å². The number of fused-ring (bicyclic) bond motifs is 1. The highest BCUT2D eigenvalue weighted by Crippen LogP contribution is 2.21. The van der Waals surface area contributed by atoms with Crippen LogP contribution in [0.4, 0.5) is 0 Å². The summed E-state index contributed by atoms with van der Waals surface area (Å²) in [7, 11) is 0. The molecule has 0 aliphatic carbocycles. The van der Waals surface area contributed by atoms with Crippen molar-refractivity contribution in [3.63, 3.8) is 0 Å². The predicted octanol–water partition coefficient (Wildman–Crippen LogP) is 3.93. The minimum atomic E-state index is 0.0575. The van der Waals surface area contributed by atoms with Gasteiger partial charge in [0.25, 0.3) is 5.56 Å². The molecular formula is C19H23N3OS. The maximum atomic E-state index is 13.2. The number of hydrogen-bond acceptors (Lipinski definition) is 3. The van der Waals surface area contributed by atoms with Gasteiger partial charge in [0.1, 0.15) is 5.52 Å². The number of thioether (sulfide) groups is 1. The summed E-state index contributed by atoms with van der Waals surface area (Å²) in [5.74, 6) is 0.395. The number of aryl methyl sites for hydroxylation is 1. The molecule has 0 atom stereocenters. The van der Waals surface area contributed by atoms with Gasteiger partial charge in [0.05, 0.1) is 5.52 Å². The van der Waals surface area contributed by atoms with E-state index in [0.717, 1.165) is 16.4 Å². The lowest BCUT2D eigenvalue weighted by Crippen LogP contribution is -2.27. The molecule has 0 bridgehead atoms. The second kappa shape index (κ2) is 6.85. The molecule has 3 rings (SSSR count). The van der Waals surface area contributed by atoms with Crippen LogP contribution in [0, 0.1) is 12.8 Å². The smallest absolute Gasteiger partial charge is 0.278 e. The van der Waals surface area contributed by atoms with Crippen LogP contribution in [0.25, 0.3) is 11.0 Å². The minimum Gasteiger partial charge on any atom is -0.335 e. The van der Waals surface area contributed by atoms with Gasteiger partial charge in [-0.2, -0.15) is 0 Å². The lowest BCUT2D eigenvalue weighted by molar-refractivity contribution is 0.474. The first-order chi connectivity index (χ1) is 11.5. The topological polar surface area (TPSA) is 39.8 Å². The third-order valence-corrected chi connectivity index (χ3v) is 4.77. The van der Waals surface area contributed by atoms with Crippen molar-refractivity contribution in [1.82, 2.24) is 14.1 Å². The summed E-state index contributed by atoms with van der Waals surface area (Å²) in [4.78, 5) is 17.9. The quantitative estimate of drug-likeness (QED) is 0.521. The van der Waals surface area contributed by atoms with Crippen molar-refractivity contribution in [2.45, 2.75) is 39.0 Å². The summed E-state index contributed by atoms with van der Waals surface area (Å²) in [5.41, 5.74) is 3.80. The number of aromatic nitrogens is 3.